The second-order valence-electron chi connectivity index (χ2n) is 3.17. The smallest absolute Gasteiger partial charge is 0.249 e. The van der Waals surface area contributed by atoms with Crippen LogP contribution in [-0.4, -0.2) is 15.3 Å². The highest BCUT2D eigenvalue weighted by molar-refractivity contribution is 7.10. The number of carbonyl (C=O) groups excluding carboxylic acids is 1. The monoisotopic (exact) mass is 254 g/mol. The van der Waals surface area contributed by atoms with Crippen LogP contribution in [0.4, 0.5) is 5.13 Å². The van der Waals surface area contributed by atoms with Crippen LogP contribution in [0, 0.1) is 6.92 Å². The predicted molar refractivity (Wildman–Crippen MR) is 64.8 cm³/mol. The highest BCUT2D eigenvalue weighted by Crippen LogP contribution is 2.17. The van der Waals surface area contributed by atoms with E-state index in [4.69, 9.17) is 5.73 Å². The average molecular weight is 254 g/mol. The predicted octanol–water partition coefficient (Wildman–Crippen LogP) is 1.62. The number of nitrogens with zero attached hydrogens (tertiary/aromatic N) is 2. The number of hydrogen-bond donors (Lipinski definition) is 2. The van der Waals surface area contributed by atoms with E-state index in [1.165, 1.54) is 22.9 Å². The minimum Gasteiger partial charge on any atom is -0.366 e. The number of carbonyl (C=O) groups is 1. The molecule has 0 spiro atoms. The number of thiophene rings is 1. The van der Waals surface area contributed by atoms with Gasteiger partial charge in [-0.05, 0) is 13.0 Å². The van der Waals surface area contributed by atoms with Gasteiger partial charge in [-0.15, -0.1) is 11.3 Å². The van der Waals surface area contributed by atoms with Crippen molar-refractivity contribution in [2.45, 2.75) is 13.5 Å². The quantitative estimate of drug-likeness (QED) is 0.868. The van der Waals surface area contributed by atoms with Crippen LogP contribution in [0.1, 0.15) is 21.1 Å². The fraction of sp³-hybridized carbons (Fsp3) is 0.222. The van der Waals surface area contributed by atoms with Gasteiger partial charge < -0.3 is 11.1 Å². The summed E-state index contributed by atoms with van der Waals surface area (Å²) in [6.07, 6.45) is 0. The first-order valence-corrected chi connectivity index (χ1v) is 6.22. The van der Waals surface area contributed by atoms with Gasteiger partial charge >= 0.3 is 0 Å². The van der Waals surface area contributed by atoms with Crippen LogP contribution in [-0.2, 0) is 6.54 Å². The third-order valence-electron chi connectivity index (χ3n) is 1.88. The molecule has 2 rings (SSSR count). The summed E-state index contributed by atoms with van der Waals surface area (Å²) in [7, 11) is 0. The number of amides is 1. The Morgan fingerprint density at radius 3 is 3.00 bits per heavy atom. The molecular formula is C9H10N4OS2. The molecule has 0 unspecified atom stereocenters. The van der Waals surface area contributed by atoms with Crippen LogP contribution >= 0.6 is 22.9 Å². The Labute approximate surface area is 100 Å². The van der Waals surface area contributed by atoms with Crippen molar-refractivity contribution in [1.82, 2.24) is 9.36 Å². The molecule has 2 heterocycles. The molecule has 0 aliphatic rings. The Morgan fingerprint density at radius 2 is 2.44 bits per heavy atom. The standard InChI is InChI=1S/C9H10N4OS2/c1-5-12-9(16-13-5)11-3-7-2-6(4-15-7)8(10)14/h2,4H,3H2,1H3,(H2,10,14)(H,11,12,13). The SMILES string of the molecule is Cc1nsc(NCc2cc(C(N)=O)cs2)n1. The Morgan fingerprint density at radius 1 is 1.62 bits per heavy atom. The fourth-order valence-electron chi connectivity index (χ4n) is 1.13. The molecule has 16 heavy (non-hydrogen) atoms. The first kappa shape index (κ1) is 11.0. The topological polar surface area (TPSA) is 80.9 Å². The van der Waals surface area contributed by atoms with Gasteiger partial charge in [0.15, 0.2) is 0 Å². The molecule has 0 aliphatic heterocycles. The summed E-state index contributed by atoms with van der Waals surface area (Å²) >= 11 is 2.82. The number of anilines is 1. The number of aromatic nitrogens is 2. The Bertz CT molecular complexity index is 505. The summed E-state index contributed by atoms with van der Waals surface area (Å²) in [5, 5.41) is 5.68. The molecule has 0 radical (unpaired) electrons. The maximum absolute atomic E-state index is 10.9. The molecule has 0 fully saturated rings. The molecule has 2 aromatic rings. The molecule has 0 atom stereocenters. The van der Waals surface area contributed by atoms with Crippen LogP contribution in [0.3, 0.4) is 0 Å². The third-order valence-corrected chi connectivity index (χ3v) is 3.58. The summed E-state index contributed by atoms with van der Waals surface area (Å²) in [5.41, 5.74) is 5.72. The molecule has 3 N–H and O–H groups in total. The number of primary amides is 1. The molecule has 7 heteroatoms. The van der Waals surface area contributed by atoms with Crippen LogP contribution in [0.25, 0.3) is 0 Å². The number of hydrogen-bond acceptors (Lipinski definition) is 6. The van der Waals surface area contributed by atoms with Gasteiger partial charge in [0.1, 0.15) is 5.82 Å². The molecule has 2 aromatic heterocycles. The zero-order valence-electron chi connectivity index (χ0n) is 8.56. The lowest BCUT2D eigenvalue weighted by molar-refractivity contribution is 0.100. The van der Waals surface area contributed by atoms with Gasteiger partial charge in [-0.3, -0.25) is 4.79 Å². The molecule has 0 saturated heterocycles. The fourth-order valence-corrected chi connectivity index (χ4v) is 2.52. The Hall–Kier alpha value is -1.47. The zero-order chi connectivity index (χ0) is 11.5. The van der Waals surface area contributed by atoms with Gasteiger partial charge in [0.25, 0.3) is 0 Å². The summed E-state index contributed by atoms with van der Waals surface area (Å²) in [5.74, 6) is 0.366. The summed E-state index contributed by atoms with van der Waals surface area (Å²) in [6, 6.07) is 1.79. The van der Waals surface area contributed by atoms with Gasteiger partial charge in [-0.1, -0.05) is 0 Å². The van der Waals surface area contributed by atoms with Crippen molar-refractivity contribution in [3.8, 4) is 0 Å². The van der Waals surface area contributed by atoms with Crippen LogP contribution in [0.2, 0.25) is 0 Å². The summed E-state index contributed by atoms with van der Waals surface area (Å²) in [6.45, 7) is 2.48. The Balaban J connectivity index is 1.97. The minimum absolute atomic E-state index is 0.394. The van der Waals surface area contributed by atoms with Gasteiger partial charge in [-0.2, -0.15) is 4.37 Å². The van der Waals surface area contributed by atoms with Gasteiger partial charge in [0.05, 0.1) is 12.1 Å². The molecule has 0 saturated carbocycles. The van der Waals surface area contributed by atoms with E-state index >= 15 is 0 Å². The van der Waals surface area contributed by atoms with E-state index in [1.54, 1.807) is 11.4 Å². The van der Waals surface area contributed by atoms with E-state index in [1.807, 2.05) is 6.92 Å². The largest absolute Gasteiger partial charge is 0.366 e. The first-order chi connectivity index (χ1) is 7.65. The minimum atomic E-state index is -0.394. The molecule has 0 bridgehead atoms. The molecule has 1 amide bonds. The van der Waals surface area contributed by atoms with E-state index in [0.29, 0.717) is 12.1 Å². The molecular weight excluding hydrogens is 244 g/mol. The van der Waals surface area contributed by atoms with Crippen LogP contribution in [0.5, 0.6) is 0 Å². The van der Waals surface area contributed by atoms with Crippen molar-refractivity contribution in [3.05, 3.63) is 27.7 Å². The van der Waals surface area contributed by atoms with Crippen molar-refractivity contribution in [1.29, 1.82) is 0 Å². The maximum Gasteiger partial charge on any atom is 0.249 e. The van der Waals surface area contributed by atoms with Crippen molar-refractivity contribution in [3.63, 3.8) is 0 Å². The second-order valence-corrected chi connectivity index (χ2v) is 4.91. The number of aryl methyl sites for hydroxylation is 1. The van der Waals surface area contributed by atoms with Gasteiger partial charge in [0.2, 0.25) is 11.0 Å². The van der Waals surface area contributed by atoms with Gasteiger partial charge in [-0.25, -0.2) is 4.98 Å². The van der Waals surface area contributed by atoms with Crippen molar-refractivity contribution < 1.29 is 4.79 Å². The zero-order valence-corrected chi connectivity index (χ0v) is 10.2. The first-order valence-electron chi connectivity index (χ1n) is 4.56. The second kappa shape index (κ2) is 4.58. The van der Waals surface area contributed by atoms with E-state index in [9.17, 15) is 4.79 Å². The van der Waals surface area contributed by atoms with E-state index in [0.717, 1.165) is 15.8 Å². The van der Waals surface area contributed by atoms with Crippen molar-refractivity contribution >= 4 is 33.9 Å². The lowest BCUT2D eigenvalue weighted by atomic mass is 10.3. The van der Waals surface area contributed by atoms with Gasteiger partial charge in [0, 0.05) is 21.8 Å². The van der Waals surface area contributed by atoms with E-state index < -0.39 is 5.91 Å². The normalized spacial score (nSPS) is 10.3. The lowest BCUT2D eigenvalue weighted by Gasteiger charge is -1.97. The highest BCUT2D eigenvalue weighted by atomic mass is 32.1. The Kier molecular flexibility index (Phi) is 3.16. The highest BCUT2D eigenvalue weighted by Gasteiger charge is 2.05. The van der Waals surface area contributed by atoms with E-state index in [-0.39, 0.29) is 0 Å². The third kappa shape index (κ3) is 2.56. The number of nitrogens with one attached hydrogen (secondary N) is 1. The van der Waals surface area contributed by atoms with E-state index in [2.05, 4.69) is 14.7 Å². The molecule has 0 aromatic carbocycles. The van der Waals surface area contributed by atoms with Crippen LogP contribution in [0.15, 0.2) is 11.4 Å². The molecule has 84 valence electrons. The van der Waals surface area contributed by atoms with Crippen LogP contribution < -0.4 is 11.1 Å². The average Bonchev–Trinajstić information content (AvgIpc) is 2.83. The number of rotatable bonds is 4. The van der Waals surface area contributed by atoms with Crippen molar-refractivity contribution in [2.24, 2.45) is 5.73 Å². The molecule has 0 aliphatic carbocycles. The van der Waals surface area contributed by atoms with Crippen molar-refractivity contribution in [2.75, 3.05) is 5.32 Å². The molecule has 5 nitrogen and oxygen atoms in total. The summed E-state index contributed by atoms with van der Waals surface area (Å²) in [4.78, 5) is 16.1. The number of nitrogens with two attached hydrogens (primary N) is 1. The summed E-state index contributed by atoms with van der Waals surface area (Å²) < 4.78 is 4.06. The maximum atomic E-state index is 10.9. The lowest BCUT2D eigenvalue weighted by Crippen LogP contribution is -2.09.